The molecule has 2 rings (SSSR count). The fraction of sp³-hybridized carbons (Fsp3) is 0.111. The Morgan fingerprint density at radius 2 is 2.40 bits per heavy atom. The number of hydrogen-bond donors (Lipinski definition) is 1. The van der Waals surface area contributed by atoms with Crippen molar-refractivity contribution in [2.24, 2.45) is 0 Å². The molecule has 0 radical (unpaired) electrons. The van der Waals surface area contributed by atoms with Gasteiger partial charge in [-0.1, -0.05) is 17.7 Å². The van der Waals surface area contributed by atoms with Gasteiger partial charge >= 0.3 is 0 Å². The summed E-state index contributed by atoms with van der Waals surface area (Å²) in [7, 11) is 0. The predicted octanol–water partition coefficient (Wildman–Crippen LogP) is 2.96. The Morgan fingerprint density at radius 1 is 1.53 bits per heavy atom. The molecule has 1 heterocycles. The van der Waals surface area contributed by atoms with Crippen LogP contribution in [0.15, 0.2) is 28.7 Å². The molecule has 0 atom stereocenters. The van der Waals surface area contributed by atoms with Crippen molar-refractivity contribution in [3.63, 3.8) is 0 Å². The van der Waals surface area contributed by atoms with Gasteiger partial charge in [-0.3, -0.25) is 0 Å². The van der Waals surface area contributed by atoms with Crippen molar-refractivity contribution in [3.05, 3.63) is 40.0 Å². The summed E-state index contributed by atoms with van der Waals surface area (Å²) in [4.78, 5) is 0.236. The Balaban J connectivity index is 2.02. The fourth-order valence-corrected chi connectivity index (χ4v) is 1.35. The van der Waals surface area contributed by atoms with Crippen molar-refractivity contribution in [2.45, 2.75) is 6.61 Å². The van der Waals surface area contributed by atoms with Crippen LogP contribution in [0, 0.1) is 4.84 Å². The molecule has 4 nitrogen and oxygen atoms in total. The van der Waals surface area contributed by atoms with Gasteiger partial charge in [-0.05, 0) is 30.4 Å². The lowest BCUT2D eigenvalue weighted by Gasteiger charge is -2.02. The first-order valence-electron chi connectivity index (χ1n) is 4.17. The van der Waals surface area contributed by atoms with Crippen LogP contribution >= 0.6 is 23.8 Å². The maximum absolute atomic E-state index is 5.79. The highest BCUT2D eigenvalue weighted by Gasteiger charge is 2.01. The molecule has 0 aliphatic carbocycles. The Kier molecular flexibility index (Phi) is 3.03. The maximum atomic E-state index is 5.79. The number of hydrogen-bond acceptors (Lipinski definition) is 4. The van der Waals surface area contributed by atoms with E-state index in [0.717, 1.165) is 0 Å². The van der Waals surface area contributed by atoms with E-state index in [4.69, 9.17) is 33.0 Å². The Bertz CT molecular complexity index is 509. The normalized spacial score (nSPS) is 10.2. The van der Waals surface area contributed by atoms with Crippen LogP contribution in [-0.2, 0) is 6.61 Å². The zero-order valence-electron chi connectivity index (χ0n) is 7.57. The van der Waals surface area contributed by atoms with E-state index in [-0.39, 0.29) is 11.4 Å². The number of rotatable bonds is 3. The zero-order chi connectivity index (χ0) is 10.7. The van der Waals surface area contributed by atoms with Gasteiger partial charge in [0.05, 0.1) is 0 Å². The number of H-pyrrole nitrogens is 1. The van der Waals surface area contributed by atoms with Crippen LogP contribution in [0.3, 0.4) is 0 Å². The lowest BCUT2D eigenvalue weighted by Crippen LogP contribution is -1.95. The summed E-state index contributed by atoms with van der Waals surface area (Å²) in [6, 6.07) is 7.09. The van der Waals surface area contributed by atoms with Gasteiger partial charge in [-0.25, -0.2) is 5.10 Å². The summed E-state index contributed by atoms with van der Waals surface area (Å²) >= 11 is 10.5. The summed E-state index contributed by atoms with van der Waals surface area (Å²) in [5.74, 6) is 1.06. The van der Waals surface area contributed by atoms with Crippen molar-refractivity contribution >= 4 is 23.8 Å². The third-order valence-corrected chi connectivity index (χ3v) is 2.05. The minimum atomic E-state index is 0.216. The van der Waals surface area contributed by atoms with Crippen LogP contribution in [0.5, 0.6) is 5.75 Å². The summed E-state index contributed by atoms with van der Waals surface area (Å²) < 4.78 is 10.4. The van der Waals surface area contributed by atoms with Crippen LogP contribution < -0.4 is 4.74 Å². The highest BCUT2D eigenvalue weighted by Crippen LogP contribution is 2.17. The summed E-state index contributed by atoms with van der Waals surface area (Å²) in [6.45, 7) is 0.216. The number of ether oxygens (including phenoxy) is 1. The fourth-order valence-electron chi connectivity index (χ4n) is 1.02. The van der Waals surface area contributed by atoms with Gasteiger partial charge in [0.25, 0.3) is 10.7 Å². The van der Waals surface area contributed by atoms with E-state index in [9.17, 15) is 0 Å². The second-order valence-electron chi connectivity index (χ2n) is 2.75. The van der Waals surface area contributed by atoms with Crippen molar-refractivity contribution in [2.75, 3.05) is 0 Å². The standard InChI is InChI=1S/C9H7ClN2O2S/c10-6-2-1-3-7(4-6)13-5-8-11-12-9(15)14-8/h1-4H,5H2,(H,12,15). The molecule has 0 aliphatic heterocycles. The Hall–Kier alpha value is -1.33. The smallest absolute Gasteiger partial charge is 0.284 e. The third kappa shape index (κ3) is 2.81. The molecule has 0 aliphatic rings. The first-order valence-corrected chi connectivity index (χ1v) is 4.95. The Morgan fingerprint density at radius 3 is 3.07 bits per heavy atom. The number of aromatic nitrogens is 2. The largest absolute Gasteiger partial charge is 0.484 e. The molecule has 0 spiro atoms. The van der Waals surface area contributed by atoms with E-state index >= 15 is 0 Å². The quantitative estimate of drug-likeness (QED) is 0.841. The number of nitrogens with zero attached hydrogens (tertiary/aromatic N) is 1. The van der Waals surface area contributed by atoms with E-state index in [0.29, 0.717) is 16.7 Å². The second-order valence-corrected chi connectivity index (χ2v) is 3.56. The van der Waals surface area contributed by atoms with Gasteiger partial charge in [-0.2, -0.15) is 0 Å². The monoisotopic (exact) mass is 242 g/mol. The average molecular weight is 243 g/mol. The molecule has 0 amide bonds. The van der Waals surface area contributed by atoms with Gasteiger partial charge in [0.15, 0.2) is 6.61 Å². The molecule has 1 N–H and O–H groups in total. The molecule has 6 heteroatoms. The molecule has 0 fully saturated rings. The molecule has 0 saturated carbocycles. The average Bonchev–Trinajstić information content (AvgIpc) is 2.62. The molecule has 15 heavy (non-hydrogen) atoms. The first-order chi connectivity index (χ1) is 7.24. The maximum Gasteiger partial charge on any atom is 0.284 e. The highest BCUT2D eigenvalue weighted by atomic mass is 35.5. The SMILES string of the molecule is S=c1[nH]nc(COc2cccc(Cl)c2)o1. The van der Waals surface area contributed by atoms with Gasteiger partial charge in [0, 0.05) is 5.02 Å². The van der Waals surface area contributed by atoms with Gasteiger partial charge in [0.1, 0.15) is 5.75 Å². The zero-order valence-corrected chi connectivity index (χ0v) is 9.14. The van der Waals surface area contributed by atoms with Crippen molar-refractivity contribution in [3.8, 4) is 5.75 Å². The minimum Gasteiger partial charge on any atom is -0.484 e. The summed E-state index contributed by atoms with van der Waals surface area (Å²) in [6.07, 6.45) is 0. The predicted molar refractivity (Wildman–Crippen MR) is 57.5 cm³/mol. The third-order valence-electron chi connectivity index (χ3n) is 1.64. The van der Waals surface area contributed by atoms with Crippen molar-refractivity contribution in [1.82, 2.24) is 10.2 Å². The number of benzene rings is 1. The molecule has 0 saturated heterocycles. The molecule has 1 aromatic carbocycles. The van der Waals surface area contributed by atoms with E-state index in [2.05, 4.69) is 10.2 Å². The highest BCUT2D eigenvalue weighted by molar-refractivity contribution is 7.71. The van der Waals surface area contributed by atoms with Gasteiger partial charge in [-0.15, -0.1) is 5.10 Å². The topological polar surface area (TPSA) is 51.0 Å². The van der Waals surface area contributed by atoms with Gasteiger partial charge < -0.3 is 9.15 Å². The van der Waals surface area contributed by atoms with Crippen LogP contribution in [0.2, 0.25) is 5.02 Å². The molecule has 1 aromatic heterocycles. The minimum absolute atomic E-state index is 0.216. The number of halogens is 1. The van der Waals surface area contributed by atoms with E-state index < -0.39 is 0 Å². The molecule has 0 bridgehead atoms. The lowest BCUT2D eigenvalue weighted by molar-refractivity contribution is 0.261. The molecular formula is C9H7ClN2O2S. The lowest BCUT2D eigenvalue weighted by atomic mass is 10.3. The number of nitrogens with one attached hydrogen (secondary N) is 1. The van der Waals surface area contributed by atoms with Crippen LogP contribution in [-0.4, -0.2) is 10.2 Å². The molecule has 0 unspecified atom stereocenters. The second kappa shape index (κ2) is 4.46. The Labute approximate surface area is 95.8 Å². The molecular weight excluding hydrogens is 236 g/mol. The first kappa shape index (κ1) is 10.2. The van der Waals surface area contributed by atoms with Crippen molar-refractivity contribution in [1.29, 1.82) is 0 Å². The van der Waals surface area contributed by atoms with Crippen LogP contribution in [0.4, 0.5) is 0 Å². The van der Waals surface area contributed by atoms with E-state index in [1.807, 2.05) is 0 Å². The summed E-state index contributed by atoms with van der Waals surface area (Å²) in [5, 5.41) is 6.93. The van der Waals surface area contributed by atoms with Crippen LogP contribution in [0.1, 0.15) is 5.89 Å². The van der Waals surface area contributed by atoms with E-state index in [1.165, 1.54) is 0 Å². The van der Waals surface area contributed by atoms with Crippen LogP contribution in [0.25, 0.3) is 0 Å². The van der Waals surface area contributed by atoms with E-state index in [1.54, 1.807) is 24.3 Å². The number of aromatic amines is 1. The molecule has 2 aromatic rings. The van der Waals surface area contributed by atoms with Crippen molar-refractivity contribution < 1.29 is 9.15 Å². The van der Waals surface area contributed by atoms with Gasteiger partial charge in [0.2, 0.25) is 0 Å². The molecule has 78 valence electrons. The summed E-state index contributed by atoms with van der Waals surface area (Å²) in [5.41, 5.74) is 0.